The van der Waals surface area contributed by atoms with E-state index in [0.717, 1.165) is 0 Å². The second-order valence-corrected chi connectivity index (χ2v) is 6.08. The first-order valence-electron chi connectivity index (χ1n) is 8.30. The molecule has 2 atom stereocenters. The molecule has 1 fully saturated rings. The number of likely N-dealkylation sites (N-methyl/N-ethyl adjacent to an activating group) is 1. The van der Waals surface area contributed by atoms with E-state index in [4.69, 9.17) is 18.7 Å². The molecule has 0 aliphatic carbocycles. The minimum Gasteiger partial charge on any atom is -0.493 e. The maximum Gasteiger partial charge on any atom is 0.254 e. The molecule has 1 aromatic heterocycles. The summed E-state index contributed by atoms with van der Waals surface area (Å²) in [6, 6.07) is 6.22. The summed E-state index contributed by atoms with van der Waals surface area (Å²) in [7, 11) is 4.70. The normalized spacial score (nSPS) is 19.3. The van der Waals surface area contributed by atoms with E-state index >= 15 is 0 Å². The van der Waals surface area contributed by atoms with Crippen LogP contribution in [0.15, 0.2) is 35.1 Å². The average Bonchev–Trinajstić information content (AvgIpc) is 3.19. The first kappa shape index (κ1) is 18.7. The Morgan fingerprint density at radius 3 is 2.74 bits per heavy atom. The number of carbonyl (C=O) groups is 2. The lowest BCUT2D eigenvalue weighted by atomic mass is 9.98. The zero-order chi connectivity index (χ0) is 19.4. The smallest absolute Gasteiger partial charge is 0.254 e. The van der Waals surface area contributed by atoms with Crippen molar-refractivity contribution in [3.05, 3.63) is 41.8 Å². The monoisotopic (exact) mass is 375 g/mol. The Labute approximate surface area is 156 Å². The van der Waals surface area contributed by atoms with E-state index in [-0.39, 0.29) is 25.0 Å². The van der Waals surface area contributed by atoms with Crippen molar-refractivity contribution in [3.63, 3.8) is 0 Å². The predicted octanol–water partition coefficient (Wildman–Crippen LogP) is 0.906. The predicted molar refractivity (Wildman–Crippen MR) is 93.1 cm³/mol. The van der Waals surface area contributed by atoms with Crippen LogP contribution >= 0.6 is 0 Å². The minimum atomic E-state index is -0.877. The molecule has 0 bridgehead atoms. The van der Waals surface area contributed by atoms with Gasteiger partial charge in [-0.1, -0.05) is 11.2 Å². The van der Waals surface area contributed by atoms with Crippen molar-refractivity contribution < 1.29 is 28.3 Å². The summed E-state index contributed by atoms with van der Waals surface area (Å²) in [5.74, 6) is 0.475. The summed E-state index contributed by atoms with van der Waals surface area (Å²) >= 11 is 0. The Morgan fingerprint density at radius 2 is 2.07 bits per heavy atom. The third-order valence-corrected chi connectivity index (χ3v) is 4.29. The highest BCUT2D eigenvalue weighted by Crippen LogP contribution is 2.32. The van der Waals surface area contributed by atoms with Crippen molar-refractivity contribution in [3.8, 4) is 11.5 Å². The van der Waals surface area contributed by atoms with E-state index < -0.39 is 12.1 Å². The third-order valence-electron chi connectivity index (χ3n) is 4.29. The molecular formula is C18H21N3O6. The molecule has 2 heterocycles. The first-order valence-corrected chi connectivity index (χ1v) is 8.30. The van der Waals surface area contributed by atoms with Gasteiger partial charge in [0.15, 0.2) is 17.6 Å². The van der Waals surface area contributed by atoms with Crippen LogP contribution in [0.3, 0.4) is 0 Å². The van der Waals surface area contributed by atoms with E-state index in [9.17, 15) is 9.59 Å². The van der Waals surface area contributed by atoms with Gasteiger partial charge in [-0.05, 0) is 17.7 Å². The highest BCUT2D eigenvalue weighted by molar-refractivity contribution is 5.86. The van der Waals surface area contributed by atoms with Crippen molar-refractivity contribution in [2.75, 3.05) is 27.9 Å². The van der Waals surface area contributed by atoms with Gasteiger partial charge in [0.05, 0.1) is 26.8 Å². The van der Waals surface area contributed by atoms with Crippen LogP contribution in [0.4, 0.5) is 0 Å². The van der Waals surface area contributed by atoms with Crippen LogP contribution in [0.5, 0.6) is 11.5 Å². The van der Waals surface area contributed by atoms with Gasteiger partial charge in [-0.25, -0.2) is 0 Å². The molecule has 1 aliphatic rings. The molecule has 1 aromatic carbocycles. The van der Waals surface area contributed by atoms with Crippen LogP contribution in [0.25, 0.3) is 0 Å². The van der Waals surface area contributed by atoms with Crippen molar-refractivity contribution in [2.45, 2.75) is 18.7 Å². The molecule has 0 saturated carbocycles. The largest absolute Gasteiger partial charge is 0.493 e. The fraction of sp³-hybridized carbons (Fsp3) is 0.389. The Kier molecular flexibility index (Phi) is 5.60. The topological polar surface area (TPSA) is 103 Å². The fourth-order valence-corrected chi connectivity index (χ4v) is 2.93. The molecule has 144 valence electrons. The summed E-state index contributed by atoms with van der Waals surface area (Å²) in [6.07, 6.45) is 0.565. The van der Waals surface area contributed by atoms with Crippen molar-refractivity contribution in [1.82, 2.24) is 15.4 Å². The number of ether oxygens (including phenoxy) is 3. The second-order valence-electron chi connectivity index (χ2n) is 6.08. The average molecular weight is 375 g/mol. The quantitative estimate of drug-likeness (QED) is 0.800. The lowest BCUT2D eigenvalue weighted by molar-refractivity contribution is -0.154. The molecule has 0 spiro atoms. The van der Waals surface area contributed by atoms with E-state index in [1.54, 1.807) is 31.3 Å². The summed E-state index contributed by atoms with van der Waals surface area (Å²) in [5.41, 5.74) is 1.29. The molecule has 1 saturated heterocycles. The maximum atomic E-state index is 12.9. The molecule has 0 radical (unpaired) electrons. The lowest BCUT2D eigenvalue weighted by Crippen LogP contribution is -2.52. The molecule has 9 nitrogen and oxygen atoms in total. The Morgan fingerprint density at radius 1 is 1.30 bits per heavy atom. The van der Waals surface area contributed by atoms with Gasteiger partial charge in [-0.3, -0.25) is 9.59 Å². The fourth-order valence-electron chi connectivity index (χ4n) is 2.93. The van der Waals surface area contributed by atoms with Gasteiger partial charge in [0.25, 0.3) is 5.91 Å². The van der Waals surface area contributed by atoms with Crippen molar-refractivity contribution in [2.24, 2.45) is 0 Å². The Hall–Kier alpha value is -3.07. The number of hydrogen-bond donors (Lipinski definition) is 1. The van der Waals surface area contributed by atoms with E-state index in [2.05, 4.69) is 10.5 Å². The van der Waals surface area contributed by atoms with Gasteiger partial charge < -0.3 is 29.0 Å². The summed E-state index contributed by atoms with van der Waals surface area (Å²) in [6.45, 7) is 0.0831. The van der Waals surface area contributed by atoms with E-state index in [0.29, 0.717) is 22.8 Å². The van der Waals surface area contributed by atoms with Gasteiger partial charge >= 0.3 is 0 Å². The number of benzene rings is 1. The number of morpholine rings is 1. The molecule has 1 N–H and O–H groups in total. The number of carbonyl (C=O) groups excluding carboxylic acids is 2. The van der Waals surface area contributed by atoms with E-state index in [1.165, 1.54) is 25.4 Å². The SMILES string of the molecule is COc1ccc([C@H]2NC(=O)CO[C@@H]2C(=O)N(C)Cc2ccon2)cc1OC. The number of rotatable bonds is 6. The number of nitrogens with zero attached hydrogens (tertiary/aromatic N) is 2. The number of aromatic nitrogens is 1. The van der Waals surface area contributed by atoms with Gasteiger partial charge in [0.1, 0.15) is 18.6 Å². The summed E-state index contributed by atoms with van der Waals surface area (Å²) < 4.78 is 20.9. The van der Waals surface area contributed by atoms with Gasteiger partial charge in [0.2, 0.25) is 5.91 Å². The summed E-state index contributed by atoms with van der Waals surface area (Å²) in [4.78, 5) is 26.3. The summed E-state index contributed by atoms with van der Waals surface area (Å²) in [5, 5.41) is 6.63. The molecule has 2 amide bonds. The zero-order valence-electron chi connectivity index (χ0n) is 15.3. The number of nitrogens with one attached hydrogen (secondary N) is 1. The van der Waals surface area contributed by atoms with E-state index in [1.807, 2.05) is 0 Å². The Balaban J connectivity index is 1.84. The Bertz CT molecular complexity index is 807. The van der Waals surface area contributed by atoms with Crippen molar-refractivity contribution >= 4 is 11.8 Å². The zero-order valence-corrected chi connectivity index (χ0v) is 15.3. The number of amides is 2. The molecule has 0 unspecified atom stereocenters. The molecule has 2 aromatic rings. The number of methoxy groups -OCH3 is 2. The molecular weight excluding hydrogens is 354 g/mol. The van der Waals surface area contributed by atoms with Crippen LogP contribution in [-0.4, -0.2) is 55.8 Å². The lowest BCUT2D eigenvalue weighted by Gasteiger charge is -2.34. The van der Waals surface area contributed by atoms with Crippen LogP contribution in [0.2, 0.25) is 0 Å². The first-order chi connectivity index (χ1) is 13.0. The number of hydrogen-bond acceptors (Lipinski definition) is 7. The van der Waals surface area contributed by atoms with Gasteiger partial charge in [0, 0.05) is 13.1 Å². The molecule has 3 rings (SSSR count). The molecule has 27 heavy (non-hydrogen) atoms. The highest BCUT2D eigenvalue weighted by atomic mass is 16.5. The van der Waals surface area contributed by atoms with Crippen LogP contribution in [0.1, 0.15) is 17.3 Å². The minimum absolute atomic E-state index is 0.183. The third kappa shape index (κ3) is 4.03. The van der Waals surface area contributed by atoms with Gasteiger partial charge in [-0.2, -0.15) is 0 Å². The van der Waals surface area contributed by atoms with Crippen LogP contribution < -0.4 is 14.8 Å². The standard InChI is InChI=1S/C18H21N3O6/c1-21(9-12-6-7-27-20-12)18(23)17-16(19-15(22)10-26-17)11-4-5-13(24-2)14(8-11)25-3/h4-8,16-17H,9-10H2,1-3H3,(H,19,22)/t16-,17+/m1/s1. The van der Waals surface area contributed by atoms with Gasteiger partial charge in [-0.15, -0.1) is 0 Å². The maximum absolute atomic E-state index is 12.9. The molecule has 1 aliphatic heterocycles. The van der Waals surface area contributed by atoms with Crippen LogP contribution in [0, 0.1) is 0 Å². The van der Waals surface area contributed by atoms with Crippen LogP contribution in [-0.2, 0) is 20.9 Å². The molecule has 9 heteroatoms. The second kappa shape index (κ2) is 8.09. The highest BCUT2D eigenvalue weighted by Gasteiger charge is 2.38. The van der Waals surface area contributed by atoms with Crippen molar-refractivity contribution in [1.29, 1.82) is 0 Å².